The second kappa shape index (κ2) is 8.24. The van der Waals surface area contributed by atoms with Gasteiger partial charge >= 0.3 is 12.1 Å². The molecule has 2 fully saturated rings. The first-order chi connectivity index (χ1) is 11.8. The minimum atomic E-state index is -0.524. The van der Waals surface area contributed by atoms with Gasteiger partial charge in [-0.2, -0.15) is 0 Å². The second-order valence-electron chi connectivity index (χ2n) is 8.30. The zero-order valence-corrected chi connectivity index (χ0v) is 16.1. The normalized spacial score (nSPS) is 29.5. The molecule has 1 amide bonds. The Morgan fingerprint density at radius 2 is 1.92 bits per heavy atom. The molecule has 5 heteroatoms. The molecule has 0 aromatic heterocycles. The maximum absolute atomic E-state index is 12.9. The van der Waals surface area contributed by atoms with Gasteiger partial charge in [0.15, 0.2) is 0 Å². The van der Waals surface area contributed by atoms with Gasteiger partial charge in [0.05, 0.1) is 7.11 Å². The van der Waals surface area contributed by atoms with Crippen LogP contribution in [0.2, 0.25) is 0 Å². The van der Waals surface area contributed by atoms with E-state index in [0.717, 1.165) is 32.1 Å². The van der Waals surface area contributed by atoms with Gasteiger partial charge in [-0.1, -0.05) is 12.5 Å². The summed E-state index contributed by atoms with van der Waals surface area (Å²) in [6.45, 7) is 9.67. The van der Waals surface area contributed by atoms with Crippen molar-refractivity contribution in [1.29, 1.82) is 0 Å². The number of carbonyl (C=O) groups excluding carboxylic acids is 2. The van der Waals surface area contributed by atoms with E-state index in [1.54, 1.807) is 0 Å². The van der Waals surface area contributed by atoms with Gasteiger partial charge in [0, 0.05) is 18.5 Å². The molecule has 0 bridgehead atoms. The third-order valence-corrected chi connectivity index (χ3v) is 5.48. The molecule has 5 nitrogen and oxygen atoms in total. The van der Waals surface area contributed by atoms with Gasteiger partial charge in [-0.25, -0.2) is 4.79 Å². The molecule has 4 atom stereocenters. The molecule has 25 heavy (non-hydrogen) atoms. The van der Waals surface area contributed by atoms with Gasteiger partial charge in [-0.15, -0.1) is 6.58 Å². The Balaban J connectivity index is 2.19. The molecule has 1 saturated heterocycles. The highest BCUT2D eigenvalue weighted by molar-refractivity contribution is 5.71. The highest BCUT2D eigenvalue weighted by Gasteiger charge is 2.45. The number of likely N-dealkylation sites (tertiary alicyclic amines) is 1. The van der Waals surface area contributed by atoms with Crippen molar-refractivity contribution < 1.29 is 19.1 Å². The molecular formula is C20H33NO4. The Bertz CT molecular complexity index is 496. The predicted molar refractivity (Wildman–Crippen MR) is 97.2 cm³/mol. The Kier molecular flexibility index (Phi) is 6.53. The van der Waals surface area contributed by atoms with Crippen LogP contribution in [0.15, 0.2) is 12.7 Å². The number of allylic oxidation sites excluding steroid dienone is 1. The number of esters is 1. The van der Waals surface area contributed by atoms with Crippen LogP contribution in [0.5, 0.6) is 0 Å². The Morgan fingerprint density at radius 1 is 1.20 bits per heavy atom. The number of rotatable bonds is 4. The van der Waals surface area contributed by atoms with Crippen LogP contribution in [0.3, 0.4) is 0 Å². The van der Waals surface area contributed by atoms with E-state index in [-0.39, 0.29) is 24.1 Å². The number of fused-ring (bicyclic) bond motifs is 1. The monoisotopic (exact) mass is 351 g/mol. The quantitative estimate of drug-likeness (QED) is 0.559. The number of ether oxygens (including phenoxy) is 2. The number of piperidine rings is 1. The van der Waals surface area contributed by atoms with Crippen LogP contribution in [-0.4, -0.2) is 41.8 Å². The number of methoxy groups -OCH3 is 1. The first-order valence-electron chi connectivity index (χ1n) is 9.47. The summed E-state index contributed by atoms with van der Waals surface area (Å²) in [6.07, 6.45) is 8.01. The van der Waals surface area contributed by atoms with Crippen LogP contribution in [0.1, 0.15) is 65.7 Å². The highest BCUT2D eigenvalue weighted by Crippen LogP contribution is 2.43. The third-order valence-electron chi connectivity index (χ3n) is 5.48. The van der Waals surface area contributed by atoms with Crippen molar-refractivity contribution in [2.24, 2.45) is 11.8 Å². The molecule has 142 valence electrons. The summed E-state index contributed by atoms with van der Waals surface area (Å²) in [5.74, 6) is 0.692. The predicted octanol–water partition coefficient (Wildman–Crippen LogP) is 4.31. The van der Waals surface area contributed by atoms with Crippen molar-refractivity contribution in [2.45, 2.75) is 83.4 Å². The van der Waals surface area contributed by atoms with Crippen LogP contribution in [0.25, 0.3) is 0 Å². The van der Waals surface area contributed by atoms with Gasteiger partial charge in [-0.05, 0) is 64.7 Å². The largest absolute Gasteiger partial charge is 0.469 e. The van der Waals surface area contributed by atoms with E-state index in [0.29, 0.717) is 24.7 Å². The van der Waals surface area contributed by atoms with Crippen molar-refractivity contribution in [1.82, 2.24) is 4.90 Å². The zero-order chi connectivity index (χ0) is 18.6. The third kappa shape index (κ3) is 4.99. The lowest BCUT2D eigenvalue weighted by Gasteiger charge is -2.50. The lowest BCUT2D eigenvalue weighted by Crippen LogP contribution is -2.57. The maximum atomic E-state index is 12.9. The first-order valence-corrected chi connectivity index (χ1v) is 9.47. The molecule has 0 unspecified atom stereocenters. The first kappa shape index (κ1) is 19.8. The molecule has 1 aliphatic heterocycles. The fourth-order valence-corrected chi connectivity index (χ4v) is 4.38. The van der Waals surface area contributed by atoms with Gasteiger partial charge in [0.2, 0.25) is 0 Å². The maximum Gasteiger partial charge on any atom is 0.410 e. The van der Waals surface area contributed by atoms with E-state index in [9.17, 15) is 9.59 Å². The van der Waals surface area contributed by atoms with Crippen LogP contribution < -0.4 is 0 Å². The van der Waals surface area contributed by atoms with Crippen molar-refractivity contribution in [2.75, 3.05) is 7.11 Å². The summed E-state index contributed by atoms with van der Waals surface area (Å²) in [4.78, 5) is 26.5. The molecule has 1 heterocycles. The van der Waals surface area contributed by atoms with Crippen LogP contribution >= 0.6 is 0 Å². The van der Waals surface area contributed by atoms with E-state index in [2.05, 4.69) is 12.7 Å². The van der Waals surface area contributed by atoms with Crippen LogP contribution in [-0.2, 0) is 14.3 Å². The minimum Gasteiger partial charge on any atom is -0.469 e. The molecule has 2 rings (SSSR count). The Labute approximate surface area is 151 Å². The van der Waals surface area contributed by atoms with Crippen molar-refractivity contribution in [3.63, 3.8) is 0 Å². The van der Waals surface area contributed by atoms with E-state index in [1.807, 2.05) is 25.7 Å². The zero-order valence-electron chi connectivity index (χ0n) is 16.1. The van der Waals surface area contributed by atoms with E-state index < -0.39 is 5.60 Å². The van der Waals surface area contributed by atoms with Gasteiger partial charge in [0.25, 0.3) is 0 Å². The molecule has 0 spiro atoms. The Hall–Kier alpha value is -1.52. The van der Waals surface area contributed by atoms with Gasteiger partial charge in [-0.3, -0.25) is 4.79 Å². The van der Waals surface area contributed by atoms with Gasteiger partial charge < -0.3 is 14.4 Å². The average Bonchev–Trinajstić information content (AvgIpc) is 2.56. The molecule has 0 aromatic rings. The number of carbonyl (C=O) groups is 2. The molecule has 2 aliphatic rings. The smallest absolute Gasteiger partial charge is 0.410 e. The molecule has 0 radical (unpaired) electrons. The molecule has 0 N–H and O–H groups in total. The fraction of sp³-hybridized carbons (Fsp3) is 0.800. The highest BCUT2D eigenvalue weighted by atomic mass is 16.6. The minimum absolute atomic E-state index is 0.0405. The fourth-order valence-electron chi connectivity index (χ4n) is 4.38. The molecule has 1 saturated carbocycles. The van der Waals surface area contributed by atoms with E-state index in [1.165, 1.54) is 7.11 Å². The number of nitrogens with zero attached hydrogens (tertiary/aromatic N) is 1. The SMILES string of the molecule is C=C[C@@H]1CCC[C@@H]2[C@H]1CC[C@@H](CCC(=O)OC)N2C(=O)OC(C)(C)C. The number of hydrogen-bond donors (Lipinski definition) is 0. The topological polar surface area (TPSA) is 55.8 Å². The summed E-state index contributed by atoms with van der Waals surface area (Å²) in [7, 11) is 1.40. The standard InChI is InChI=1S/C20H33NO4/c1-6-14-8-7-9-17-16(14)12-10-15(11-13-18(22)24-5)21(17)19(23)25-20(2,3)4/h6,14-17H,1,7-13H2,2-5H3/t14-,15+,16+,17-/m1/s1. The van der Waals surface area contributed by atoms with Crippen molar-refractivity contribution in [3.8, 4) is 0 Å². The van der Waals surface area contributed by atoms with Gasteiger partial charge in [0.1, 0.15) is 5.60 Å². The van der Waals surface area contributed by atoms with Crippen LogP contribution in [0.4, 0.5) is 4.79 Å². The Morgan fingerprint density at radius 3 is 2.52 bits per heavy atom. The molecule has 0 aromatic carbocycles. The van der Waals surface area contributed by atoms with Crippen molar-refractivity contribution >= 4 is 12.1 Å². The number of amides is 1. The van der Waals surface area contributed by atoms with Crippen molar-refractivity contribution in [3.05, 3.63) is 12.7 Å². The summed E-state index contributed by atoms with van der Waals surface area (Å²) < 4.78 is 10.5. The van der Waals surface area contributed by atoms with E-state index in [4.69, 9.17) is 9.47 Å². The lowest BCUT2D eigenvalue weighted by atomic mass is 9.69. The second-order valence-corrected chi connectivity index (χ2v) is 8.30. The molecular weight excluding hydrogens is 318 g/mol. The summed E-state index contributed by atoms with van der Waals surface area (Å²) in [5, 5.41) is 0. The lowest BCUT2D eigenvalue weighted by molar-refractivity contribution is -0.141. The van der Waals surface area contributed by atoms with Crippen LogP contribution in [0, 0.1) is 11.8 Å². The summed E-state index contributed by atoms with van der Waals surface area (Å²) >= 11 is 0. The average molecular weight is 351 g/mol. The molecule has 1 aliphatic carbocycles. The summed E-state index contributed by atoms with van der Waals surface area (Å²) in [5.41, 5.74) is -0.524. The number of hydrogen-bond acceptors (Lipinski definition) is 4. The van der Waals surface area contributed by atoms with E-state index >= 15 is 0 Å². The summed E-state index contributed by atoms with van der Waals surface area (Å²) in [6, 6.07) is 0.224.